The zero-order chi connectivity index (χ0) is 24.6. The van der Waals surface area contributed by atoms with Crippen LogP contribution in [0.2, 0.25) is 0 Å². The van der Waals surface area contributed by atoms with Gasteiger partial charge in [0, 0.05) is 37.4 Å². The van der Waals surface area contributed by atoms with Gasteiger partial charge in [0.2, 0.25) is 5.82 Å². The molecule has 6 nitrogen and oxygen atoms in total. The molecule has 0 spiro atoms. The fourth-order valence-electron chi connectivity index (χ4n) is 3.91. The molecule has 35 heavy (non-hydrogen) atoms. The SMILES string of the molecule is Cc1ccc(-c2nc(-c3ccc(C(=O)N4CCN(c5cccc(C(F)(F)F)c5)CC4)s3)no2)cc1. The number of rotatable bonds is 4. The van der Waals surface area contributed by atoms with Crippen molar-refractivity contribution in [3.05, 3.63) is 76.7 Å². The number of thiophene rings is 1. The van der Waals surface area contributed by atoms with E-state index in [1.807, 2.05) is 36.1 Å². The second-order valence-electron chi connectivity index (χ2n) is 8.28. The van der Waals surface area contributed by atoms with Crippen molar-refractivity contribution in [3.8, 4) is 22.2 Å². The molecule has 1 aliphatic heterocycles. The topological polar surface area (TPSA) is 62.5 Å². The predicted octanol–water partition coefficient (Wildman–Crippen LogP) is 5.75. The zero-order valence-corrected chi connectivity index (χ0v) is 19.6. The molecular weight excluding hydrogens is 477 g/mol. The molecule has 3 heterocycles. The second-order valence-corrected chi connectivity index (χ2v) is 9.36. The monoisotopic (exact) mass is 498 g/mol. The number of benzene rings is 2. The standard InChI is InChI=1S/C25H21F3N4O2S/c1-16-5-7-17(8-6-16)23-29-22(30-34-23)20-9-10-21(35-20)24(33)32-13-11-31(12-14-32)19-4-2-3-18(15-19)25(26,27)28/h2-10,15H,11-14H2,1H3. The highest BCUT2D eigenvalue weighted by Crippen LogP contribution is 2.32. The molecule has 1 fully saturated rings. The molecule has 1 aliphatic rings. The minimum absolute atomic E-state index is 0.118. The maximum Gasteiger partial charge on any atom is 0.416 e. The first-order valence-corrected chi connectivity index (χ1v) is 11.8. The van der Waals surface area contributed by atoms with Crippen LogP contribution in [0.15, 0.2) is 65.2 Å². The van der Waals surface area contributed by atoms with Crippen molar-refractivity contribution in [3.63, 3.8) is 0 Å². The van der Waals surface area contributed by atoms with Crippen molar-refractivity contribution < 1.29 is 22.5 Å². The van der Waals surface area contributed by atoms with E-state index < -0.39 is 11.7 Å². The fourth-order valence-corrected chi connectivity index (χ4v) is 4.81. The Hall–Kier alpha value is -3.66. The van der Waals surface area contributed by atoms with Gasteiger partial charge in [-0.05, 0) is 49.4 Å². The van der Waals surface area contributed by atoms with Gasteiger partial charge >= 0.3 is 6.18 Å². The molecule has 4 aromatic rings. The molecule has 0 N–H and O–H groups in total. The third-order valence-electron chi connectivity index (χ3n) is 5.87. The first-order chi connectivity index (χ1) is 16.8. The van der Waals surface area contributed by atoms with E-state index in [-0.39, 0.29) is 5.91 Å². The number of aromatic nitrogens is 2. The number of carbonyl (C=O) groups is 1. The van der Waals surface area contributed by atoms with Gasteiger partial charge in [-0.2, -0.15) is 18.2 Å². The van der Waals surface area contributed by atoms with Crippen molar-refractivity contribution >= 4 is 22.9 Å². The summed E-state index contributed by atoms with van der Waals surface area (Å²) in [6.07, 6.45) is -4.38. The summed E-state index contributed by atoms with van der Waals surface area (Å²) < 4.78 is 44.5. The smallest absolute Gasteiger partial charge is 0.368 e. The van der Waals surface area contributed by atoms with Gasteiger partial charge in [-0.3, -0.25) is 4.79 Å². The van der Waals surface area contributed by atoms with E-state index in [2.05, 4.69) is 10.1 Å². The highest BCUT2D eigenvalue weighted by molar-refractivity contribution is 7.17. The predicted molar refractivity (Wildman–Crippen MR) is 127 cm³/mol. The number of amides is 1. The summed E-state index contributed by atoms with van der Waals surface area (Å²) in [5, 5.41) is 4.05. The molecule has 0 radical (unpaired) electrons. The molecule has 0 unspecified atom stereocenters. The van der Waals surface area contributed by atoms with Crippen molar-refractivity contribution in [1.29, 1.82) is 0 Å². The Morgan fingerprint density at radius 1 is 1.00 bits per heavy atom. The molecule has 1 saturated heterocycles. The van der Waals surface area contributed by atoms with Gasteiger partial charge in [-0.1, -0.05) is 28.9 Å². The lowest BCUT2D eigenvalue weighted by Gasteiger charge is -2.36. The normalized spacial score (nSPS) is 14.4. The van der Waals surface area contributed by atoms with Crippen LogP contribution >= 0.6 is 11.3 Å². The maximum absolute atomic E-state index is 13.0. The van der Waals surface area contributed by atoms with Crippen LogP contribution in [0.25, 0.3) is 22.2 Å². The molecule has 2 aromatic heterocycles. The number of alkyl halides is 3. The molecule has 2 aromatic carbocycles. The van der Waals surface area contributed by atoms with Crippen LogP contribution in [0.5, 0.6) is 0 Å². The average Bonchev–Trinajstić information content (AvgIpc) is 3.54. The highest BCUT2D eigenvalue weighted by Gasteiger charge is 2.31. The van der Waals surface area contributed by atoms with Crippen LogP contribution in [-0.2, 0) is 6.18 Å². The average molecular weight is 499 g/mol. The van der Waals surface area contributed by atoms with Crippen LogP contribution in [0, 0.1) is 6.92 Å². The third-order valence-corrected chi connectivity index (χ3v) is 6.94. The van der Waals surface area contributed by atoms with Gasteiger partial charge in [-0.25, -0.2) is 0 Å². The molecular formula is C25H21F3N4O2S. The van der Waals surface area contributed by atoms with Gasteiger partial charge < -0.3 is 14.3 Å². The van der Waals surface area contributed by atoms with Gasteiger partial charge in [0.15, 0.2) is 0 Å². The summed E-state index contributed by atoms with van der Waals surface area (Å²) in [6, 6.07) is 16.6. The lowest BCUT2D eigenvalue weighted by molar-refractivity contribution is -0.137. The molecule has 10 heteroatoms. The van der Waals surface area contributed by atoms with Crippen molar-refractivity contribution in [2.75, 3.05) is 31.1 Å². The van der Waals surface area contributed by atoms with Gasteiger partial charge in [0.1, 0.15) is 0 Å². The van der Waals surface area contributed by atoms with Gasteiger partial charge in [-0.15, -0.1) is 11.3 Å². The van der Waals surface area contributed by atoms with Crippen molar-refractivity contribution in [1.82, 2.24) is 15.0 Å². The molecule has 180 valence electrons. The van der Waals surface area contributed by atoms with E-state index in [1.165, 1.54) is 17.4 Å². The lowest BCUT2D eigenvalue weighted by atomic mass is 10.1. The van der Waals surface area contributed by atoms with E-state index in [0.717, 1.165) is 28.1 Å². The summed E-state index contributed by atoms with van der Waals surface area (Å²) in [5.41, 5.74) is 1.78. The Morgan fingerprint density at radius 3 is 2.46 bits per heavy atom. The van der Waals surface area contributed by atoms with E-state index in [0.29, 0.717) is 48.5 Å². The molecule has 0 saturated carbocycles. The number of hydrogen-bond donors (Lipinski definition) is 0. The third kappa shape index (κ3) is 4.93. The van der Waals surface area contributed by atoms with Crippen LogP contribution in [0.3, 0.4) is 0 Å². The van der Waals surface area contributed by atoms with Crippen molar-refractivity contribution in [2.45, 2.75) is 13.1 Å². The Labute approximate surface area is 203 Å². The van der Waals surface area contributed by atoms with E-state index in [1.54, 1.807) is 23.1 Å². The van der Waals surface area contributed by atoms with Crippen LogP contribution in [-0.4, -0.2) is 47.1 Å². The van der Waals surface area contributed by atoms with E-state index in [4.69, 9.17) is 4.52 Å². The summed E-state index contributed by atoms with van der Waals surface area (Å²) in [5.74, 6) is 0.707. The number of anilines is 1. The molecule has 0 atom stereocenters. The summed E-state index contributed by atoms with van der Waals surface area (Å²) >= 11 is 1.29. The first-order valence-electron chi connectivity index (χ1n) is 11.0. The quantitative estimate of drug-likeness (QED) is 0.358. The van der Waals surface area contributed by atoms with Crippen LogP contribution in [0.1, 0.15) is 20.8 Å². The molecule has 5 rings (SSSR count). The number of nitrogens with zero attached hydrogens (tertiary/aromatic N) is 4. The van der Waals surface area contributed by atoms with Crippen molar-refractivity contribution in [2.24, 2.45) is 0 Å². The largest absolute Gasteiger partial charge is 0.416 e. The maximum atomic E-state index is 13.0. The van der Waals surface area contributed by atoms with Gasteiger partial charge in [0.05, 0.1) is 15.3 Å². The summed E-state index contributed by atoms with van der Waals surface area (Å²) in [4.78, 5) is 22.3. The Bertz CT molecular complexity index is 1340. The Morgan fingerprint density at radius 2 is 1.74 bits per heavy atom. The first kappa shape index (κ1) is 23.1. The number of piperazine rings is 1. The van der Waals surface area contributed by atoms with E-state index >= 15 is 0 Å². The minimum Gasteiger partial charge on any atom is -0.368 e. The number of hydrogen-bond acceptors (Lipinski definition) is 6. The van der Waals surface area contributed by atoms with Crippen LogP contribution in [0.4, 0.5) is 18.9 Å². The van der Waals surface area contributed by atoms with Gasteiger partial charge in [0.25, 0.3) is 11.8 Å². The fraction of sp³-hybridized carbons (Fsp3) is 0.240. The Balaban J connectivity index is 1.24. The number of carbonyl (C=O) groups excluding carboxylic acids is 1. The molecule has 1 amide bonds. The molecule has 0 aliphatic carbocycles. The van der Waals surface area contributed by atoms with Crippen LogP contribution < -0.4 is 4.90 Å². The Kier molecular flexibility index (Phi) is 6.06. The zero-order valence-electron chi connectivity index (χ0n) is 18.7. The minimum atomic E-state index is -4.38. The summed E-state index contributed by atoms with van der Waals surface area (Å²) in [6.45, 7) is 3.74. The lowest BCUT2D eigenvalue weighted by Crippen LogP contribution is -2.48. The number of halogens is 3. The molecule has 0 bridgehead atoms. The second kappa shape index (κ2) is 9.18. The summed E-state index contributed by atoms with van der Waals surface area (Å²) in [7, 11) is 0. The highest BCUT2D eigenvalue weighted by atomic mass is 32.1. The van der Waals surface area contributed by atoms with E-state index in [9.17, 15) is 18.0 Å². The number of aryl methyl sites for hydroxylation is 1.